The molecule has 0 heterocycles. The van der Waals surface area contributed by atoms with E-state index in [1.807, 2.05) is 6.92 Å². The van der Waals surface area contributed by atoms with Gasteiger partial charge in [-0.15, -0.1) is 0 Å². The van der Waals surface area contributed by atoms with Crippen LogP contribution in [0, 0.1) is 0 Å². The second-order valence-corrected chi connectivity index (χ2v) is 4.90. The van der Waals surface area contributed by atoms with E-state index in [1.165, 1.54) is 0 Å². The van der Waals surface area contributed by atoms with E-state index in [-0.39, 0.29) is 6.04 Å². The standard InChI is InChI=1S/C8H20NO3P/c1-4-8(9)7-13(10,11-5-2)12-6-3/h8H,4-7,9H2,1-3H3/t8-/m1/s1. The van der Waals surface area contributed by atoms with Gasteiger partial charge in [0.2, 0.25) is 0 Å². The summed E-state index contributed by atoms with van der Waals surface area (Å²) >= 11 is 0. The average Bonchev–Trinajstić information content (AvgIpc) is 2.04. The van der Waals surface area contributed by atoms with Crippen molar-refractivity contribution in [3.05, 3.63) is 0 Å². The molecule has 4 nitrogen and oxygen atoms in total. The normalized spacial score (nSPS) is 14.5. The molecule has 0 fully saturated rings. The second kappa shape index (κ2) is 6.55. The molecule has 0 bridgehead atoms. The quantitative estimate of drug-likeness (QED) is 0.651. The van der Waals surface area contributed by atoms with Crippen LogP contribution >= 0.6 is 7.60 Å². The molecule has 0 aliphatic carbocycles. The minimum atomic E-state index is -2.92. The molecule has 0 unspecified atom stereocenters. The van der Waals surface area contributed by atoms with Crippen molar-refractivity contribution < 1.29 is 13.6 Å². The van der Waals surface area contributed by atoms with Gasteiger partial charge in [0.1, 0.15) is 0 Å². The second-order valence-electron chi connectivity index (χ2n) is 2.80. The first-order valence-corrected chi connectivity index (χ1v) is 6.44. The number of nitrogens with two attached hydrogens (primary N) is 1. The van der Waals surface area contributed by atoms with Crippen LogP contribution in [0.1, 0.15) is 27.2 Å². The lowest BCUT2D eigenvalue weighted by atomic mass is 10.3. The van der Waals surface area contributed by atoms with Gasteiger partial charge in [-0.3, -0.25) is 4.57 Å². The summed E-state index contributed by atoms with van der Waals surface area (Å²) in [5.41, 5.74) is 5.69. The lowest BCUT2D eigenvalue weighted by Crippen LogP contribution is -2.24. The third-order valence-corrected chi connectivity index (χ3v) is 3.85. The van der Waals surface area contributed by atoms with Gasteiger partial charge in [0.15, 0.2) is 0 Å². The topological polar surface area (TPSA) is 61.5 Å². The highest BCUT2D eigenvalue weighted by Gasteiger charge is 2.25. The minimum Gasteiger partial charge on any atom is -0.327 e. The molecule has 80 valence electrons. The first kappa shape index (κ1) is 13.1. The smallest absolute Gasteiger partial charge is 0.327 e. The molecule has 0 aromatic carbocycles. The molecule has 0 aromatic heterocycles. The van der Waals surface area contributed by atoms with E-state index in [2.05, 4.69) is 0 Å². The number of hydrogen-bond donors (Lipinski definition) is 1. The van der Waals surface area contributed by atoms with Gasteiger partial charge in [-0.1, -0.05) is 6.92 Å². The SMILES string of the molecule is CCOP(=O)(C[C@H](N)CC)OCC. The maximum atomic E-state index is 11.9. The van der Waals surface area contributed by atoms with Crippen molar-refractivity contribution in [2.75, 3.05) is 19.4 Å². The van der Waals surface area contributed by atoms with Gasteiger partial charge >= 0.3 is 7.60 Å². The molecule has 5 heteroatoms. The monoisotopic (exact) mass is 209 g/mol. The summed E-state index contributed by atoms with van der Waals surface area (Å²) < 4.78 is 22.0. The molecular formula is C8H20NO3P. The van der Waals surface area contributed by atoms with E-state index in [0.29, 0.717) is 19.4 Å². The third-order valence-electron chi connectivity index (χ3n) is 1.63. The van der Waals surface area contributed by atoms with Crippen molar-refractivity contribution in [2.24, 2.45) is 5.73 Å². The molecule has 2 N–H and O–H groups in total. The Bertz CT molecular complexity index is 165. The van der Waals surface area contributed by atoms with Gasteiger partial charge in [0.05, 0.1) is 19.4 Å². The molecule has 0 spiro atoms. The highest BCUT2D eigenvalue weighted by atomic mass is 31.2. The fourth-order valence-electron chi connectivity index (χ4n) is 0.952. The van der Waals surface area contributed by atoms with Crippen LogP contribution in [-0.2, 0) is 13.6 Å². The zero-order chi connectivity index (χ0) is 10.3. The van der Waals surface area contributed by atoms with Crippen molar-refractivity contribution >= 4 is 7.60 Å². The summed E-state index contributed by atoms with van der Waals surface area (Å²) in [6.45, 7) is 6.33. The highest BCUT2D eigenvalue weighted by Crippen LogP contribution is 2.48. The van der Waals surface area contributed by atoms with Crippen LogP contribution in [0.25, 0.3) is 0 Å². The summed E-state index contributed by atoms with van der Waals surface area (Å²) in [5, 5.41) is 0. The van der Waals surface area contributed by atoms with E-state index in [0.717, 1.165) is 6.42 Å². The van der Waals surface area contributed by atoms with Crippen molar-refractivity contribution in [2.45, 2.75) is 33.2 Å². The Morgan fingerprint density at radius 2 is 1.69 bits per heavy atom. The van der Waals surface area contributed by atoms with E-state index < -0.39 is 7.60 Å². The van der Waals surface area contributed by atoms with Gasteiger partial charge in [-0.25, -0.2) is 0 Å². The van der Waals surface area contributed by atoms with Gasteiger partial charge < -0.3 is 14.8 Å². The molecule has 0 aromatic rings. The van der Waals surface area contributed by atoms with Gasteiger partial charge in [-0.05, 0) is 20.3 Å². The van der Waals surface area contributed by atoms with Crippen LogP contribution in [0.5, 0.6) is 0 Å². The summed E-state index contributed by atoms with van der Waals surface area (Å²) in [5.74, 6) is 0. The minimum absolute atomic E-state index is 0.107. The van der Waals surface area contributed by atoms with Crippen molar-refractivity contribution in [3.63, 3.8) is 0 Å². The largest absolute Gasteiger partial charge is 0.332 e. The van der Waals surface area contributed by atoms with E-state index in [9.17, 15) is 4.57 Å². The molecular weight excluding hydrogens is 189 g/mol. The maximum Gasteiger partial charge on any atom is 0.332 e. The fraction of sp³-hybridized carbons (Fsp3) is 1.00. The Morgan fingerprint density at radius 3 is 2.00 bits per heavy atom. The lowest BCUT2D eigenvalue weighted by Gasteiger charge is -2.19. The Morgan fingerprint density at radius 1 is 1.23 bits per heavy atom. The zero-order valence-corrected chi connectivity index (χ0v) is 9.55. The van der Waals surface area contributed by atoms with Crippen LogP contribution in [0.4, 0.5) is 0 Å². The van der Waals surface area contributed by atoms with Gasteiger partial charge in [0, 0.05) is 6.04 Å². The lowest BCUT2D eigenvalue weighted by molar-refractivity contribution is 0.218. The first-order chi connectivity index (χ1) is 6.08. The zero-order valence-electron chi connectivity index (χ0n) is 8.66. The summed E-state index contributed by atoms with van der Waals surface area (Å²) in [6.07, 6.45) is 1.09. The van der Waals surface area contributed by atoms with E-state index in [4.69, 9.17) is 14.8 Å². The highest BCUT2D eigenvalue weighted by molar-refractivity contribution is 7.53. The summed E-state index contributed by atoms with van der Waals surface area (Å²) in [7, 11) is -2.92. The summed E-state index contributed by atoms with van der Waals surface area (Å²) in [4.78, 5) is 0. The molecule has 0 amide bonds. The fourth-order valence-corrected chi connectivity index (χ4v) is 2.86. The van der Waals surface area contributed by atoms with Crippen molar-refractivity contribution in [1.82, 2.24) is 0 Å². The molecule has 0 saturated heterocycles. The predicted octanol–water partition coefficient (Wildman–Crippen LogP) is 1.99. The number of hydrogen-bond acceptors (Lipinski definition) is 4. The van der Waals surface area contributed by atoms with Crippen LogP contribution in [-0.4, -0.2) is 25.4 Å². The molecule has 1 atom stereocenters. The Labute approximate surface area is 80.3 Å². The Balaban J connectivity index is 4.14. The molecule has 0 radical (unpaired) electrons. The van der Waals surface area contributed by atoms with Crippen LogP contribution in [0.15, 0.2) is 0 Å². The predicted molar refractivity (Wildman–Crippen MR) is 54.0 cm³/mol. The average molecular weight is 209 g/mol. The number of rotatable bonds is 7. The van der Waals surface area contributed by atoms with E-state index >= 15 is 0 Å². The third kappa shape index (κ3) is 5.42. The Kier molecular flexibility index (Phi) is 6.60. The van der Waals surface area contributed by atoms with E-state index in [1.54, 1.807) is 13.8 Å². The maximum absolute atomic E-state index is 11.9. The molecule has 0 aliphatic rings. The van der Waals surface area contributed by atoms with Crippen molar-refractivity contribution in [3.8, 4) is 0 Å². The molecule has 0 rings (SSSR count). The molecule has 13 heavy (non-hydrogen) atoms. The van der Waals surface area contributed by atoms with Gasteiger partial charge in [-0.2, -0.15) is 0 Å². The summed E-state index contributed by atoms with van der Waals surface area (Å²) in [6, 6.07) is -0.107. The Hall–Kier alpha value is 0.110. The first-order valence-electron chi connectivity index (χ1n) is 4.71. The molecule has 0 aliphatic heterocycles. The van der Waals surface area contributed by atoms with Crippen LogP contribution in [0.3, 0.4) is 0 Å². The van der Waals surface area contributed by atoms with Gasteiger partial charge in [0.25, 0.3) is 0 Å². The molecule has 0 saturated carbocycles. The van der Waals surface area contributed by atoms with Crippen LogP contribution < -0.4 is 5.73 Å². The van der Waals surface area contributed by atoms with Crippen LogP contribution in [0.2, 0.25) is 0 Å². The van der Waals surface area contributed by atoms with Crippen molar-refractivity contribution in [1.29, 1.82) is 0 Å².